The number of nitrogens with zero attached hydrogens (tertiary/aromatic N) is 1. The SMILES string of the molecule is CCN(c1cc(Br)ccc1CCl)C(C)C. The molecule has 0 bridgehead atoms. The Hall–Kier alpha value is -0.210. The van der Waals surface area contributed by atoms with Crippen LogP contribution in [0.3, 0.4) is 0 Å². The molecule has 84 valence electrons. The molecule has 1 nitrogen and oxygen atoms in total. The highest BCUT2D eigenvalue weighted by molar-refractivity contribution is 9.10. The van der Waals surface area contributed by atoms with E-state index in [4.69, 9.17) is 11.6 Å². The van der Waals surface area contributed by atoms with E-state index in [2.05, 4.69) is 53.7 Å². The molecule has 0 atom stereocenters. The van der Waals surface area contributed by atoms with E-state index in [9.17, 15) is 0 Å². The van der Waals surface area contributed by atoms with Crippen LogP contribution in [-0.4, -0.2) is 12.6 Å². The predicted octanol–water partition coefficient (Wildman–Crippen LogP) is 4.42. The molecule has 15 heavy (non-hydrogen) atoms. The van der Waals surface area contributed by atoms with Crippen LogP contribution in [0.5, 0.6) is 0 Å². The van der Waals surface area contributed by atoms with Gasteiger partial charge in [0, 0.05) is 28.6 Å². The average Bonchev–Trinajstić information content (AvgIpc) is 2.18. The van der Waals surface area contributed by atoms with Crippen molar-refractivity contribution in [2.24, 2.45) is 0 Å². The molecule has 0 radical (unpaired) electrons. The van der Waals surface area contributed by atoms with Gasteiger partial charge < -0.3 is 4.90 Å². The smallest absolute Gasteiger partial charge is 0.0494 e. The second kappa shape index (κ2) is 5.76. The van der Waals surface area contributed by atoms with Gasteiger partial charge in [-0.25, -0.2) is 0 Å². The van der Waals surface area contributed by atoms with Crippen molar-refractivity contribution >= 4 is 33.2 Å². The summed E-state index contributed by atoms with van der Waals surface area (Å²) in [6, 6.07) is 6.75. The van der Waals surface area contributed by atoms with E-state index >= 15 is 0 Å². The quantitative estimate of drug-likeness (QED) is 0.742. The Bertz CT molecular complexity index is 325. The second-order valence-electron chi connectivity index (χ2n) is 3.79. The van der Waals surface area contributed by atoms with Crippen LogP contribution < -0.4 is 4.90 Å². The molecule has 0 aliphatic carbocycles. The Labute approximate surface area is 106 Å². The molecule has 0 saturated carbocycles. The summed E-state index contributed by atoms with van der Waals surface area (Å²) in [5, 5.41) is 0. The summed E-state index contributed by atoms with van der Waals surface area (Å²) in [7, 11) is 0. The Kier molecular flexibility index (Phi) is 4.94. The molecule has 0 fully saturated rings. The van der Waals surface area contributed by atoms with Crippen LogP contribution in [0.2, 0.25) is 0 Å². The molecule has 1 aromatic rings. The first-order valence-electron chi connectivity index (χ1n) is 5.21. The van der Waals surface area contributed by atoms with Crippen molar-refractivity contribution in [1.82, 2.24) is 0 Å². The number of hydrogen-bond donors (Lipinski definition) is 0. The van der Waals surface area contributed by atoms with Crippen molar-refractivity contribution in [2.45, 2.75) is 32.7 Å². The first-order chi connectivity index (χ1) is 7.10. The van der Waals surface area contributed by atoms with Crippen molar-refractivity contribution in [3.63, 3.8) is 0 Å². The lowest BCUT2D eigenvalue weighted by molar-refractivity contribution is 0.701. The number of anilines is 1. The van der Waals surface area contributed by atoms with E-state index in [0.717, 1.165) is 11.0 Å². The molecule has 0 aliphatic heterocycles. The minimum absolute atomic E-state index is 0.492. The summed E-state index contributed by atoms with van der Waals surface area (Å²) in [5.41, 5.74) is 2.42. The first-order valence-corrected chi connectivity index (χ1v) is 6.54. The molecule has 0 amide bonds. The molecule has 0 N–H and O–H groups in total. The zero-order valence-corrected chi connectivity index (χ0v) is 11.8. The number of rotatable bonds is 4. The number of hydrogen-bond acceptors (Lipinski definition) is 1. The highest BCUT2D eigenvalue weighted by atomic mass is 79.9. The standard InChI is InChI=1S/C12H17BrClN/c1-4-15(9(2)3)12-7-11(13)6-5-10(12)8-14/h5-7,9H,4,8H2,1-3H3. The molecular formula is C12H17BrClN. The van der Waals surface area contributed by atoms with Gasteiger partial charge in [-0.15, -0.1) is 11.6 Å². The Morgan fingerprint density at radius 3 is 2.53 bits per heavy atom. The molecule has 1 rings (SSSR count). The molecule has 0 aromatic heterocycles. The fourth-order valence-electron chi connectivity index (χ4n) is 1.73. The largest absolute Gasteiger partial charge is 0.369 e. The van der Waals surface area contributed by atoms with E-state index in [1.54, 1.807) is 0 Å². The maximum absolute atomic E-state index is 5.95. The molecule has 0 saturated heterocycles. The Morgan fingerprint density at radius 2 is 2.07 bits per heavy atom. The van der Waals surface area contributed by atoms with Crippen molar-refractivity contribution in [1.29, 1.82) is 0 Å². The fraction of sp³-hybridized carbons (Fsp3) is 0.500. The average molecular weight is 291 g/mol. The third-order valence-corrected chi connectivity index (χ3v) is 3.25. The van der Waals surface area contributed by atoms with Gasteiger partial charge >= 0.3 is 0 Å². The molecule has 0 heterocycles. The van der Waals surface area contributed by atoms with Crippen molar-refractivity contribution in [3.05, 3.63) is 28.2 Å². The summed E-state index contributed by atoms with van der Waals surface area (Å²) in [6.45, 7) is 7.56. The van der Waals surface area contributed by atoms with Gasteiger partial charge in [0.15, 0.2) is 0 Å². The van der Waals surface area contributed by atoms with Gasteiger partial charge in [0.25, 0.3) is 0 Å². The normalized spacial score (nSPS) is 10.8. The van der Waals surface area contributed by atoms with E-state index < -0.39 is 0 Å². The second-order valence-corrected chi connectivity index (χ2v) is 4.97. The molecule has 0 aliphatic rings. The van der Waals surface area contributed by atoms with Gasteiger partial charge in [-0.2, -0.15) is 0 Å². The molecule has 1 aromatic carbocycles. The lowest BCUT2D eigenvalue weighted by Gasteiger charge is -2.29. The Morgan fingerprint density at radius 1 is 1.40 bits per heavy atom. The molecular weight excluding hydrogens is 273 g/mol. The summed E-state index contributed by atoms with van der Waals surface area (Å²) in [5.74, 6) is 0.561. The van der Waals surface area contributed by atoms with Gasteiger partial charge in [-0.3, -0.25) is 0 Å². The zero-order valence-electron chi connectivity index (χ0n) is 9.43. The first kappa shape index (κ1) is 12.9. The zero-order chi connectivity index (χ0) is 11.4. The minimum Gasteiger partial charge on any atom is -0.369 e. The van der Waals surface area contributed by atoms with Crippen molar-refractivity contribution in [2.75, 3.05) is 11.4 Å². The molecule has 0 unspecified atom stereocenters. The highest BCUT2D eigenvalue weighted by Crippen LogP contribution is 2.27. The maximum Gasteiger partial charge on any atom is 0.0494 e. The molecule has 3 heteroatoms. The number of alkyl halides is 1. The van der Waals surface area contributed by atoms with E-state index in [1.807, 2.05) is 6.07 Å². The lowest BCUT2D eigenvalue weighted by atomic mass is 10.1. The maximum atomic E-state index is 5.95. The van der Waals surface area contributed by atoms with Crippen LogP contribution in [0.25, 0.3) is 0 Å². The summed E-state index contributed by atoms with van der Waals surface area (Å²) in [6.07, 6.45) is 0. The van der Waals surface area contributed by atoms with Crippen LogP contribution in [-0.2, 0) is 5.88 Å². The van der Waals surface area contributed by atoms with E-state index in [1.165, 1.54) is 11.3 Å². The van der Waals surface area contributed by atoms with Crippen molar-refractivity contribution < 1.29 is 0 Å². The minimum atomic E-state index is 0.492. The van der Waals surface area contributed by atoms with Crippen molar-refractivity contribution in [3.8, 4) is 0 Å². The Balaban J connectivity index is 3.13. The monoisotopic (exact) mass is 289 g/mol. The topological polar surface area (TPSA) is 3.24 Å². The third kappa shape index (κ3) is 3.12. The summed E-state index contributed by atoms with van der Waals surface area (Å²) < 4.78 is 1.10. The van der Waals surface area contributed by atoms with Gasteiger partial charge in [-0.1, -0.05) is 22.0 Å². The molecule has 0 spiro atoms. The van der Waals surface area contributed by atoms with E-state index in [-0.39, 0.29) is 0 Å². The fourth-order valence-corrected chi connectivity index (χ4v) is 2.31. The van der Waals surface area contributed by atoms with Crippen LogP contribution in [0.4, 0.5) is 5.69 Å². The van der Waals surface area contributed by atoms with Gasteiger partial charge in [0.05, 0.1) is 0 Å². The number of benzene rings is 1. The van der Waals surface area contributed by atoms with Gasteiger partial charge in [0.2, 0.25) is 0 Å². The number of halogens is 2. The summed E-state index contributed by atoms with van der Waals surface area (Å²) >= 11 is 9.45. The van der Waals surface area contributed by atoms with Crippen LogP contribution >= 0.6 is 27.5 Å². The highest BCUT2D eigenvalue weighted by Gasteiger charge is 2.12. The third-order valence-electron chi connectivity index (χ3n) is 2.46. The van der Waals surface area contributed by atoms with Gasteiger partial charge in [0.1, 0.15) is 0 Å². The van der Waals surface area contributed by atoms with E-state index in [0.29, 0.717) is 11.9 Å². The predicted molar refractivity (Wildman–Crippen MR) is 71.9 cm³/mol. The van der Waals surface area contributed by atoms with Crippen LogP contribution in [0.1, 0.15) is 26.3 Å². The summed E-state index contributed by atoms with van der Waals surface area (Å²) in [4.78, 5) is 2.35. The van der Waals surface area contributed by atoms with Crippen LogP contribution in [0, 0.1) is 0 Å². The lowest BCUT2D eigenvalue weighted by Crippen LogP contribution is -2.31. The van der Waals surface area contributed by atoms with Gasteiger partial charge in [-0.05, 0) is 38.5 Å². The van der Waals surface area contributed by atoms with Crippen LogP contribution in [0.15, 0.2) is 22.7 Å².